The summed E-state index contributed by atoms with van der Waals surface area (Å²) < 4.78 is 0. The first-order valence-electron chi connectivity index (χ1n) is 5.90. The second-order valence-electron chi connectivity index (χ2n) is 4.32. The number of aryl methyl sites for hydroxylation is 1. The Kier molecular flexibility index (Phi) is 3.71. The van der Waals surface area contributed by atoms with Crippen molar-refractivity contribution in [1.29, 1.82) is 0 Å². The van der Waals surface area contributed by atoms with Gasteiger partial charge in [0.05, 0.1) is 4.92 Å². The van der Waals surface area contributed by atoms with Crippen LogP contribution in [0.1, 0.15) is 11.1 Å². The molecule has 0 amide bonds. The van der Waals surface area contributed by atoms with Crippen LogP contribution in [-0.2, 0) is 11.2 Å². The molecule has 0 unspecified atom stereocenters. The molecule has 0 spiro atoms. The van der Waals surface area contributed by atoms with Gasteiger partial charge < -0.3 is 4.79 Å². The van der Waals surface area contributed by atoms with Gasteiger partial charge in [0.2, 0.25) is 0 Å². The third kappa shape index (κ3) is 2.85. The second kappa shape index (κ2) is 5.44. The Labute approximate surface area is 110 Å². The van der Waals surface area contributed by atoms with Gasteiger partial charge in [0.15, 0.2) is 0 Å². The largest absolute Gasteiger partial charge is 0.303 e. The molecule has 2 aromatic rings. The minimum atomic E-state index is -0.414. The van der Waals surface area contributed by atoms with Crippen LogP contribution in [-0.4, -0.2) is 11.2 Å². The highest BCUT2D eigenvalue weighted by atomic mass is 16.6. The van der Waals surface area contributed by atoms with Gasteiger partial charge in [0.1, 0.15) is 6.29 Å². The highest BCUT2D eigenvalue weighted by Crippen LogP contribution is 2.24. The number of hydrogen-bond acceptors (Lipinski definition) is 3. The van der Waals surface area contributed by atoms with Crippen LogP contribution in [0.2, 0.25) is 0 Å². The van der Waals surface area contributed by atoms with Gasteiger partial charge in [-0.3, -0.25) is 10.1 Å². The van der Waals surface area contributed by atoms with Crippen LogP contribution in [0.5, 0.6) is 0 Å². The number of rotatable bonds is 4. The van der Waals surface area contributed by atoms with Crippen LogP contribution in [0, 0.1) is 17.0 Å². The topological polar surface area (TPSA) is 60.2 Å². The van der Waals surface area contributed by atoms with E-state index < -0.39 is 4.92 Å². The van der Waals surface area contributed by atoms with Crippen molar-refractivity contribution in [1.82, 2.24) is 0 Å². The highest BCUT2D eigenvalue weighted by molar-refractivity contribution is 5.67. The molecular weight excluding hydrogens is 242 g/mol. The number of carbonyl (C=O) groups is 1. The Morgan fingerprint density at radius 1 is 1.11 bits per heavy atom. The van der Waals surface area contributed by atoms with E-state index in [9.17, 15) is 14.9 Å². The van der Waals surface area contributed by atoms with E-state index in [1.807, 2.05) is 25.1 Å². The second-order valence-corrected chi connectivity index (χ2v) is 4.32. The molecule has 0 saturated heterocycles. The van der Waals surface area contributed by atoms with Gasteiger partial charge in [-0.05, 0) is 41.3 Å². The molecule has 0 radical (unpaired) electrons. The first-order chi connectivity index (χ1) is 9.11. The summed E-state index contributed by atoms with van der Waals surface area (Å²) >= 11 is 0. The van der Waals surface area contributed by atoms with Gasteiger partial charge in [-0.1, -0.05) is 18.2 Å². The van der Waals surface area contributed by atoms with Crippen LogP contribution in [0.4, 0.5) is 5.69 Å². The standard InChI is InChI=1S/C15H13NO3/c1-11-10-14(3-2-12(11)8-9-17)13-4-6-15(7-5-13)16(18)19/h2-7,9-10H,8H2,1H3. The summed E-state index contributed by atoms with van der Waals surface area (Å²) in [5, 5.41) is 10.6. The summed E-state index contributed by atoms with van der Waals surface area (Å²) in [7, 11) is 0. The molecule has 0 heterocycles. The van der Waals surface area contributed by atoms with E-state index in [2.05, 4.69) is 0 Å². The summed E-state index contributed by atoms with van der Waals surface area (Å²) in [6, 6.07) is 12.3. The SMILES string of the molecule is Cc1cc(-c2ccc([N+](=O)[O-])cc2)ccc1CC=O. The molecule has 0 saturated carbocycles. The van der Waals surface area contributed by atoms with Crippen molar-refractivity contribution < 1.29 is 9.72 Å². The predicted octanol–water partition coefficient (Wildman–Crippen LogP) is 3.31. The third-order valence-corrected chi connectivity index (χ3v) is 3.06. The zero-order chi connectivity index (χ0) is 13.8. The fraction of sp³-hybridized carbons (Fsp3) is 0.133. The summed E-state index contributed by atoms with van der Waals surface area (Å²) in [5.41, 5.74) is 4.04. The molecule has 2 aromatic carbocycles. The molecule has 4 heteroatoms. The molecule has 4 nitrogen and oxygen atoms in total. The van der Waals surface area contributed by atoms with Gasteiger partial charge in [-0.2, -0.15) is 0 Å². The van der Waals surface area contributed by atoms with Crippen LogP contribution in [0.3, 0.4) is 0 Å². The van der Waals surface area contributed by atoms with Gasteiger partial charge in [-0.25, -0.2) is 0 Å². The molecule has 0 aliphatic heterocycles. The fourth-order valence-electron chi connectivity index (χ4n) is 1.97. The number of hydrogen-bond donors (Lipinski definition) is 0. The Balaban J connectivity index is 2.34. The number of nitro benzene ring substituents is 1. The zero-order valence-corrected chi connectivity index (χ0v) is 10.5. The average molecular weight is 255 g/mol. The van der Waals surface area contributed by atoms with E-state index in [-0.39, 0.29) is 5.69 Å². The Morgan fingerprint density at radius 2 is 1.74 bits per heavy atom. The maximum Gasteiger partial charge on any atom is 0.269 e. The zero-order valence-electron chi connectivity index (χ0n) is 10.5. The Hall–Kier alpha value is -2.49. The Morgan fingerprint density at radius 3 is 2.26 bits per heavy atom. The Bertz CT molecular complexity index is 618. The number of non-ortho nitro benzene ring substituents is 1. The van der Waals surface area contributed by atoms with Crippen LogP contribution in [0.25, 0.3) is 11.1 Å². The molecular formula is C15H13NO3. The number of carbonyl (C=O) groups excluding carboxylic acids is 1. The first kappa shape index (κ1) is 13.0. The molecule has 0 N–H and O–H groups in total. The number of nitrogens with zero attached hydrogens (tertiary/aromatic N) is 1. The van der Waals surface area contributed by atoms with Crippen LogP contribution < -0.4 is 0 Å². The van der Waals surface area contributed by atoms with Crippen molar-refractivity contribution in [3.63, 3.8) is 0 Å². The lowest BCUT2D eigenvalue weighted by Gasteiger charge is -2.06. The predicted molar refractivity (Wildman–Crippen MR) is 73.0 cm³/mol. The summed E-state index contributed by atoms with van der Waals surface area (Å²) in [5.74, 6) is 0. The monoisotopic (exact) mass is 255 g/mol. The van der Waals surface area contributed by atoms with E-state index >= 15 is 0 Å². The molecule has 0 fully saturated rings. The van der Waals surface area contributed by atoms with E-state index in [0.29, 0.717) is 6.42 Å². The van der Waals surface area contributed by atoms with Crippen molar-refractivity contribution in [3.8, 4) is 11.1 Å². The highest BCUT2D eigenvalue weighted by Gasteiger charge is 2.06. The summed E-state index contributed by atoms with van der Waals surface area (Å²) in [4.78, 5) is 20.7. The van der Waals surface area contributed by atoms with Gasteiger partial charge in [0.25, 0.3) is 5.69 Å². The maximum atomic E-state index is 10.6. The number of benzene rings is 2. The van der Waals surface area contributed by atoms with Crippen molar-refractivity contribution in [2.75, 3.05) is 0 Å². The van der Waals surface area contributed by atoms with E-state index in [0.717, 1.165) is 28.5 Å². The molecule has 19 heavy (non-hydrogen) atoms. The van der Waals surface area contributed by atoms with Crippen LogP contribution in [0.15, 0.2) is 42.5 Å². The summed E-state index contributed by atoms with van der Waals surface area (Å²) in [6.45, 7) is 1.95. The lowest BCUT2D eigenvalue weighted by Crippen LogP contribution is -1.91. The molecule has 96 valence electrons. The minimum Gasteiger partial charge on any atom is -0.303 e. The van der Waals surface area contributed by atoms with Crippen molar-refractivity contribution >= 4 is 12.0 Å². The van der Waals surface area contributed by atoms with Gasteiger partial charge in [-0.15, -0.1) is 0 Å². The maximum absolute atomic E-state index is 10.6. The molecule has 2 rings (SSSR count). The van der Waals surface area contributed by atoms with E-state index in [1.165, 1.54) is 12.1 Å². The fourth-order valence-corrected chi connectivity index (χ4v) is 1.97. The smallest absolute Gasteiger partial charge is 0.269 e. The van der Waals surface area contributed by atoms with Crippen molar-refractivity contribution in [3.05, 3.63) is 63.7 Å². The molecule has 0 atom stereocenters. The average Bonchev–Trinajstić information content (AvgIpc) is 2.41. The van der Waals surface area contributed by atoms with Crippen molar-refractivity contribution in [2.24, 2.45) is 0 Å². The number of nitro groups is 1. The first-order valence-corrected chi connectivity index (χ1v) is 5.90. The van der Waals surface area contributed by atoms with E-state index in [4.69, 9.17) is 0 Å². The molecule has 0 aromatic heterocycles. The molecule has 0 bridgehead atoms. The molecule has 0 aliphatic rings. The van der Waals surface area contributed by atoms with E-state index in [1.54, 1.807) is 12.1 Å². The lowest BCUT2D eigenvalue weighted by atomic mass is 9.98. The normalized spacial score (nSPS) is 10.2. The lowest BCUT2D eigenvalue weighted by molar-refractivity contribution is -0.384. The quantitative estimate of drug-likeness (QED) is 0.478. The van der Waals surface area contributed by atoms with Crippen LogP contribution >= 0.6 is 0 Å². The summed E-state index contributed by atoms with van der Waals surface area (Å²) in [6.07, 6.45) is 1.29. The number of aldehydes is 1. The third-order valence-electron chi connectivity index (χ3n) is 3.06. The van der Waals surface area contributed by atoms with Gasteiger partial charge >= 0.3 is 0 Å². The molecule has 0 aliphatic carbocycles. The van der Waals surface area contributed by atoms with Gasteiger partial charge in [0, 0.05) is 18.6 Å². The minimum absolute atomic E-state index is 0.0815. The van der Waals surface area contributed by atoms with Crippen molar-refractivity contribution in [2.45, 2.75) is 13.3 Å².